The molecule has 0 spiro atoms. The van der Waals surface area contributed by atoms with Gasteiger partial charge in [0.2, 0.25) is 0 Å². The molecule has 1 heterocycles. The van der Waals surface area contributed by atoms with Gasteiger partial charge < -0.3 is 24.5 Å². The number of nitrogens with zero attached hydrogens (tertiary/aromatic N) is 2. The van der Waals surface area contributed by atoms with Gasteiger partial charge in [0.15, 0.2) is 11.3 Å². The fraction of sp³-hybridized carbons (Fsp3) is 0.316. The first-order valence-corrected chi connectivity index (χ1v) is 8.21. The van der Waals surface area contributed by atoms with Gasteiger partial charge in [-0.3, -0.25) is 0 Å². The molecule has 27 heavy (non-hydrogen) atoms. The van der Waals surface area contributed by atoms with E-state index in [4.69, 9.17) is 25.2 Å². The quantitative estimate of drug-likeness (QED) is 0.775. The van der Waals surface area contributed by atoms with Crippen molar-refractivity contribution < 1.29 is 23.8 Å². The lowest BCUT2D eigenvalue weighted by Gasteiger charge is -2.24. The number of methoxy groups -OCH3 is 1. The van der Waals surface area contributed by atoms with Crippen molar-refractivity contribution in [3.8, 4) is 17.5 Å². The topological polar surface area (TPSA) is 117 Å². The van der Waals surface area contributed by atoms with Crippen molar-refractivity contribution >= 4 is 17.6 Å². The van der Waals surface area contributed by atoms with Crippen LogP contribution >= 0.6 is 0 Å². The van der Waals surface area contributed by atoms with Gasteiger partial charge in [-0.1, -0.05) is 0 Å². The van der Waals surface area contributed by atoms with E-state index in [0.717, 1.165) is 0 Å². The molecule has 2 rings (SSSR count). The molecule has 142 valence electrons. The highest BCUT2D eigenvalue weighted by molar-refractivity contribution is 5.95. The van der Waals surface area contributed by atoms with Crippen LogP contribution in [0.3, 0.4) is 0 Å². The molecule has 8 heteroatoms. The van der Waals surface area contributed by atoms with E-state index in [-0.39, 0.29) is 23.6 Å². The summed E-state index contributed by atoms with van der Waals surface area (Å²) < 4.78 is 16.9. The summed E-state index contributed by atoms with van der Waals surface area (Å²) in [6.07, 6.45) is 1.46. The number of hydrogen-bond donors (Lipinski definition) is 1. The summed E-state index contributed by atoms with van der Waals surface area (Å²) in [5.74, 6) is -0.686. The Hall–Kier alpha value is -3.47. The van der Waals surface area contributed by atoms with Crippen LogP contribution in [0, 0.1) is 11.3 Å². The predicted octanol–water partition coefficient (Wildman–Crippen LogP) is 2.44. The second kappa shape index (κ2) is 7.83. The summed E-state index contributed by atoms with van der Waals surface area (Å²) in [4.78, 5) is 24.0. The molecule has 0 bridgehead atoms. The summed E-state index contributed by atoms with van der Waals surface area (Å²) in [6.45, 7) is 5.21. The largest absolute Gasteiger partial charge is 0.476 e. The molecule has 1 aromatic carbocycles. The van der Waals surface area contributed by atoms with Gasteiger partial charge in [0, 0.05) is 11.9 Å². The number of carbonyl (C=O) groups is 2. The molecule has 0 saturated heterocycles. The average Bonchev–Trinajstić information content (AvgIpc) is 2.98. The van der Waals surface area contributed by atoms with Gasteiger partial charge in [0.1, 0.15) is 11.8 Å². The molecule has 0 fully saturated rings. The third kappa shape index (κ3) is 4.03. The lowest BCUT2D eigenvalue weighted by Crippen LogP contribution is -2.39. The number of anilines is 1. The summed E-state index contributed by atoms with van der Waals surface area (Å²) >= 11 is 0. The zero-order chi connectivity index (χ0) is 20.2. The number of nitrogen functional groups attached to an aromatic ring is 1. The van der Waals surface area contributed by atoms with Crippen LogP contribution < -0.4 is 10.5 Å². The van der Waals surface area contributed by atoms with Crippen LogP contribution in [0.15, 0.2) is 30.5 Å². The monoisotopic (exact) mass is 371 g/mol. The molecule has 2 N–H and O–H groups in total. The zero-order valence-corrected chi connectivity index (χ0v) is 15.6. The van der Waals surface area contributed by atoms with Crippen LogP contribution in [0.1, 0.15) is 36.8 Å². The standard InChI is InChI=1S/C19H21N3O5/c1-5-26-18(24)19(2,3)27-14-8-6-13(7-9-14)22-11-12(10-20)15(21)16(22)17(23)25-4/h6-9,11H,5,21H2,1-4H3. The maximum atomic E-state index is 12.0. The van der Waals surface area contributed by atoms with Crippen LogP contribution in [0.4, 0.5) is 5.69 Å². The van der Waals surface area contributed by atoms with Gasteiger partial charge in [-0.05, 0) is 45.0 Å². The van der Waals surface area contributed by atoms with E-state index < -0.39 is 17.5 Å². The second-order valence-electron chi connectivity index (χ2n) is 6.11. The zero-order valence-electron chi connectivity index (χ0n) is 15.6. The van der Waals surface area contributed by atoms with Crippen LogP contribution in [0.25, 0.3) is 5.69 Å². The first-order valence-electron chi connectivity index (χ1n) is 8.21. The number of hydrogen-bond acceptors (Lipinski definition) is 7. The Labute approximate surface area is 157 Å². The van der Waals surface area contributed by atoms with Crippen LogP contribution in [-0.4, -0.2) is 35.8 Å². The molecule has 0 saturated carbocycles. The maximum Gasteiger partial charge on any atom is 0.357 e. The SMILES string of the molecule is CCOC(=O)C(C)(C)Oc1ccc(-n2cc(C#N)c(N)c2C(=O)OC)cc1. The highest BCUT2D eigenvalue weighted by atomic mass is 16.6. The number of aromatic nitrogens is 1. The Kier molecular flexibility index (Phi) is 5.75. The molecule has 2 aromatic rings. The maximum absolute atomic E-state index is 12.0. The van der Waals surface area contributed by atoms with E-state index in [1.54, 1.807) is 45.0 Å². The second-order valence-corrected chi connectivity index (χ2v) is 6.11. The van der Waals surface area contributed by atoms with Gasteiger partial charge in [-0.15, -0.1) is 0 Å². The minimum Gasteiger partial charge on any atom is -0.476 e. The molecule has 0 aliphatic rings. The Morgan fingerprint density at radius 3 is 2.41 bits per heavy atom. The van der Waals surface area contributed by atoms with E-state index in [1.165, 1.54) is 17.9 Å². The average molecular weight is 371 g/mol. The molecule has 0 radical (unpaired) electrons. The molecule has 1 aromatic heterocycles. The van der Waals surface area contributed by atoms with Crippen LogP contribution in [0.5, 0.6) is 5.75 Å². The molecule has 0 unspecified atom stereocenters. The molecular formula is C19H21N3O5. The minimum atomic E-state index is -1.15. The Bertz CT molecular complexity index is 891. The van der Waals surface area contributed by atoms with Gasteiger partial charge in [-0.25, -0.2) is 9.59 Å². The van der Waals surface area contributed by atoms with Crippen molar-refractivity contribution in [2.45, 2.75) is 26.4 Å². The Balaban J connectivity index is 2.35. The van der Waals surface area contributed by atoms with Crippen LogP contribution in [-0.2, 0) is 14.3 Å². The van der Waals surface area contributed by atoms with Crippen molar-refractivity contribution in [1.29, 1.82) is 5.26 Å². The fourth-order valence-corrected chi connectivity index (χ4v) is 2.43. The van der Waals surface area contributed by atoms with E-state index in [1.807, 2.05) is 6.07 Å². The normalized spacial score (nSPS) is 10.8. The van der Waals surface area contributed by atoms with Crippen molar-refractivity contribution in [1.82, 2.24) is 4.57 Å². The number of nitrogens with two attached hydrogens (primary N) is 1. The number of esters is 2. The number of carbonyl (C=O) groups excluding carboxylic acids is 2. The van der Waals surface area contributed by atoms with E-state index in [2.05, 4.69) is 0 Å². The van der Waals surface area contributed by atoms with E-state index in [9.17, 15) is 9.59 Å². The third-order valence-corrected chi connectivity index (χ3v) is 3.80. The minimum absolute atomic E-state index is 0.0492. The number of rotatable bonds is 6. The van der Waals surface area contributed by atoms with Gasteiger partial charge in [0.25, 0.3) is 0 Å². The number of benzene rings is 1. The summed E-state index contributed by atoms with van der Waals surface area (Å²) in [5, 5.41) is 9.17. The van der Waals surface area contributed by atoms with Gasteiger partial charge in [0.05, 0.1) is 25.0 Å². The molecule has 0 atom stereocenters. The number of nitriles is 1. The smallest absolute Gasteiger partial charge is 0.357 e. The summed E-state index contributed by atoms with van der Waals surface area (Å²) in [6, 6.07) is 8.56. The summed E-state index contributed by atoms with van der Waals surface area (Å²) in [5.41, 5.74) is 5.58. The first-order chi connectivity index (χ1) is 12.7. The van der Waals surface area contributed by atoms with Gasteiger partial charge in [-0.2, -0.15) is 5.26 Å². The van der Waals surface area contributed by atoms with Crippen molar-refractivity contribution in [2.24, 2.45) is 0 Å². The fourth-order valence-electron chi connectivity index (χ4n) is 2.43. The number of ether oxygens (including phenoxy) is 3. The highest BCUT2D eigenvalue weighted by Crippen LogP contribution is 2.27. The Morgan fingerprint density at radius 2 is 1.89 bits per heavy atom. The van der Waals surface area contributed by atoms with Crippen molar-refractivity contribution in [3.05, 3.63) is 41.7 Å². The van der Waals surface area contributed by atoms with Gasteiger partial charge >= 0.3 is 11.9 Å². The van der Waals surface area contributed by atoms with Crippen LogP contribution in [0.2, 0.25) is 0 Å². The summed E-state index contributed by atoms with van der Waals surface area (Å²) in [7, 11) is 1.24. The lowest BCUT2D eigenvalue weighted by atomic mass is 10.1. The molecule has 0 amide bonds. The molecule has 0 aliphatic heterocycles. The van der Waals surface area contributed by atoms with Crippen molar-refractivity contribution in [2.75, 3.05) is 19.5 Å². The lowest BCUT2D eigenvalue weighted by molar-refractivity contribution is -0.158. The Morgan fingerprint density at radius 1 is 1.26 bits per heavy atom. The highest BCUT2D eigenvalue weighted by Gasteiger charge is 2.31. The third-order valence-electron chi connectivity index (χ3n) is 3.80. The molecular weight excluding hydrogens is 350 g/mol. The van der Waals surface area contributed by atoms with E-state index in [0.29, 0.717) is 11.4 Å². The van der Waals surface area contributed by atoms with E-state index >= 15 is 0 Å². The molecule has 8 nitrogen and oxygen atoms in total. The molecule has 0 aliphatic carbocycles. The first kappa shape index (κ1) is 19.8. The van der Waals surface area contributed by atoms with Crippen molar-refractivity contribution in [3.63, 3.8) is 0 Å². The predicted molar refractivity (Wildman–Crippen MR) is 97.6 cm³/mol.